The number of amides is 8. The van der Waals surface area contributed by atoms with Gasteiger partial charge in [0.2, 0.25) is 23.6 Å². The van der Waals surface area contributed by atoms with E-state index >= 15 is 0 Å². The summed E-state index contributed by atoms with van der Waals surface area (Å²) in [7, 11) is -4.39. The summed E-state index contributed by atoms with van der Waals surface area (Å²) < 4.78 is 54.8. The van der Waals surface area contributed by atoms with Gasteiger partial charge < -0.3 is 61.5 Å². The molecular weight excluding hydrogens is 2020 g/mol. The van der Waals surface area contributed by atoms with Crippen LogP contribution in [0.2, 0.25) is 0 Å². The molecule has 0 unspecified atom stereocenters. The summed E-state index contributed by atoms with van der Waals surface area (Å²) in [5.74, 6) is -1.53. The highest BCUT2D eigenvalue weighted by Gasteiger charge is 2.35. The molecule has 10 N–H and O–H groups in total. The average molecular weight is 2150 g/mol. The molecule has 0 saturated heterocycles. The number of carbonyl (C=O) groups excluding carboxylic acids is 8. The van der Waals surface area contributed by atoms with E-state index in [-0.39, 0.29) is 66.2 Å². The first-order valence-electron chi connectivity index (χ1n) is 48.6. The number of nitro groups is 3. The Kier molecular flexibility index (Phi) is 44.7. The van der Waals surface area contributed by atoms with Gasteiger partial charge in [0.25, 0.3) is 17.1 Å². The Hall–Kier alpha value is -14.9. The van der Waals surface area contributed by atoms with Gasteiger partial charge in [0.05, 0.1) is 67.4 Å². The minimum Gasteiger partial charge on any atom is -0.444 e. The number of nitrogens with one attached hydrogen (secondary N) is 9. The lowest BCUT2D eigenvalue weighted by Gasteiger charge is -2.25. The Morgan fingerprint density at radius 2 is 0.487 bits per heavy atom. The molecule has 0 fully saturated rings. The van der Waals surface area contributed by atoms with Crippen LogP contribution >= 0.6 is 45.3 Å². The summed E-state index contributed by atoms with van der Waals surface area (Å²) in [5, 5.41) is 66.8. The van der Waals surface area contributed by atoms with Crippen molar-refractivity contribution in [3.05, 3.63) is 358 Å². The highest BCUT2D eigenvalue weighted by molar-refractivity contribution is 7.87. The van der Waals surface area contributed by atoms with Crippen molar-refractivity contribution in [1.29, 1.82) is 0 Å². The first kappa shape index (κ1) is 119. The van der Waals surface area contributed by atoms with Crippen LogP contribution in [0.4, 0.5) is 41.9 Å². The number of non-ortho nitro benzene ring substituents is 3. The number of aromatic nitrogens is 4. The second kappa shape index (κ2) is 56.5. The third-order valence-electron chi connectivity index (χ3n) is 21.7. The van der Waals surface area contributed by atoms with E-state index in [0.717, 1.165) is 108 Å². The highest BCUT2D eigenvalue weighted by Crippen LogP contribution is 2.32. The third-order valence-corrected chi connectivity index (χ3v) is 26.3. The van der Waals surface area contributed by atoms with Gasteiger partial charge in [0.1, 0.15) is 66.6 Å². The number of anilines is 1. The number of hydrogen-bond acceptors (Lipinski definition) is 28. The van der Waals surface area contributed by atoms with Crippen LogP contribution in [0.5, 0.6) is 0 Å². The molecule has 0 radical (unpaired) electrons. The Bertz CT molecular complexity index is 6080. The summed E-state index contributed by atoms with van der Waals surface area (Å²) in [6.07, 6.45) is 2.84. The molecule has 0 spiro atoms. The van der Waals surface area contributed by atoms with Crippen LogP contribution in [-0.2, 0) is 125 Å². The number of alkyl carbamates (subject to hydrolysis) is 4. The molecule has 42 heteroatoms. The average Bonchev–Trinajstić information content (AvgIpc) is 1.64. The lowest BCUT2D eigenvalue weighted by Crippen LogP contribution is -2.50. The number of carbonyl (C=O) groups is 8. The van der Waals surface area contributed by atoms with Gasteiger partial charge in [-0.15, -0.1) is 45.3 Å². The van der Waals surface area contributed by atoms with E-state index in [1.165, 1.54) is 93.9 Å². The van der Waals surface area contributed by atoms with E-state index in [2.05, 4.69) is 62.5 Å². The molecule has 37 nitrogen and oxygen atoms in total. The van der Waals surface area contributed by atoms with Crippen LogP contribution in [0.25, 0.3) is 0 Å². The second-order valence-electron chi connectivity index (χ2n) is 38.8. The molecule has 12 rings (SSSR count). The van der Waals surface area contributed by atoms with Crippen molar-refractivity contribution >= 4 is 126 Å². The van der Waals surface area contributed by atoms with Gasteiger partial charge >= 0.3 is 34.7 Å². The standard InChI is InChI=1S/C27H34N4O6S2.3C27H32N4O5S/c1-5-20-17-38-25(28-20)23(16-19-11-13-21(14-12-19)31-39(34,35)36)29-24(32)22(15-18-9-7-6-8-10-18)30-26(33)37-27(2,3)4;3*1-5-20-17-37-25(28-20)23(16-19-11-13-21(14-12-19)31(34)35)29-24(32)22(15-18-9-7-6-8-10-18)30-26(33)36-27(2,3)4/h6-14,17,22-23,31H,5,15-16H2,1-4H3,(H,29,32)(H,30,33)(H,34,35,36);3*6-14,17,22-23H,5,15-16H2,1-4H3,(H,29,32)(H,30,33)/t4*22-,23-/m0000/s1. The van der Waals surface area contributed by atoms with Crippen LogP contribution in [0.1, 0.15) is 222 Å². The molecule has 8 atom stereocenters. The second-order valence-corrected chi connectivity index (χ2v) is 43.5. The van der Waals surface area contributed by atoms with Crippen molar-refractivity contribution in [2.75, 3.05) is 4.72 Å². The Morgan fingerprint density at radius 1 is 0.300 bits per heavy atom. The molecule has 0 bridgehead atoms. The van der Waals surface area contributed by atoms with Crippen LogP contribution in [0, 0.1) is 30.3 Å². The van der Waals surface area contributed by atoms with Gasteiger partial charge in [-0.05, 0) is 191 Å². The van der Waals surface area contributed by atoms with Crippen LogP contribution < -0.4 is 47.3 Å². The maximum Gasteiger partial charge on any atom is 0.408 e. The fourth-order valence-electron chi connectivity index (χ4n) is 14.6. The maximum absolute atomic E-state index is 13.6. The van der Waals surface area contributed by atoms with Gasteiger partial charge in [-0.25, -0.2) is 39.1 Å². The Labute approximate surface area is 888 Å². The Balaban J connectivity index is 0.000000222. The largest absolute Gasteiger partial charge is 0.444 e. The van der Waals surface area contributed by atoms with Crippen molar-refractivity contribution in [3.8, 4) is 0 Å². The fourth-order valence-corrected chi connectivity index (χ4v) is 18.8. The topological polar surface area (TPSA) is 517 Å². The summed E-state index contributed by atoms with van der Waals surface area (Å²) >= 11 is 5.76. The van der Waals surface area contributed by atoms with Gasteiger partial charge in [-0.2, -0.15) is 8.42 Å². The molecule has 4 heterocycles. The highest BCUT2D eigenvalue weighted by atomic mass is 32.2. The van der Waals surface area contributed by atoms with Crippen LogP contribution in [0.15, 0.2) is 240 Å². The van der Waals surface area contributed by atoms with Gasteiger partial charge in [-0.3, -0.25) is 58.8 Å². The molecule has 0 aliphatic heterocycles. The predicted octanol–water partition coefficient (Wildman–Crippen LogP) is 19.9. The van der Waals surface area contributed by atoms with Crippen molar-refractivity contribution < 1.29 is 85.0 Å². The SMILES string of the molecule is CCc1csc([C@H](Cc2ccc(NS(=O)(=O)O)cc2)NC(=O)[C@H](Cc2ccccc2)NC(=O)OC(C)(C)C)n1.CCc1csc([C@H](Cc2ccc([N+](=O)[O-])cc2)NC(=O)[C@H](Cc2ccccc2)NC(=O)OC(C)(C)C)n1.CCc1csc([C@H](Cc2ccc([N+](=O)[O-])cc2)NC(=O)[C@H](Cc2ccccc2)NC(=O)OC(C)(C)C)n1.CCc1csc([C@H](Cc2ccc([N+](=O)[O-])cc2)NC(=O)[C@H](Cc2ccccc2)NC(=O)OC(C)(C)C)n1. The fraction of sp³-hybridized carbons (Fsp3) is 0.370. The monoisotopic (exact) mass is 2150 g/mol. The van der Waals surface area contributed by atoms with Gasteiger partial charge in [-0.1, -0.05) is 198 Å². The first-order valence-corrected chi connectivity index (χ1v) is 53.5. The molecule has 8 aromatic carbocycles. The zero-order chi connectivity index (χ0) is 110. The summed E-state index contributed by atoms with van der Waals surface area (Å²) in [5.41, 5.74) is 7.70. The Morgan fingerprint density at radius 3 is 0.653 bits per heavy atom. The molecule has 798 valence electrons. The number of ether oxygens (including phenoxy) is 4. The minimum atomic E-state index is -4.39. The zero-order valence-corrected chi connectivity index (χ0v) is 90.6. The van der Waals surface area contributed by atoms with E-state index in [1.54, 1.807) is 132 Å². The van der Waals surface area contributed by atoms with E-state index in [9.17, 15) is 77.1 Å². The quantitative estimate of drug-likeness (QED) is 0.00736. The maximum atomic E-state index is 13.6. The lowest BCUT2D eigenvalue weighted by molar-refractivity contribution is -0.385. The molecule has 0 aliphatic rings. The van der Waals surface area contributed by atoms with Gasteiger partial charge in [0.15, 0.2) is 0 Å². The number of thiazole rings is 4. The normalized spacial score (nSPS) is 13.0. The van der Waals surface area contributed by atoms with Crippen molar-refractivity contribution in [3.63, 3.8) is 0 Å². The van der Waals surface area contributed by atoms with Crippen molar-refractivity contribution in [1.82, 2.24) is 62.5 Å². The minimum absolute atomic E-state index is 0.00339. The van der Waals surface area contributed by atoms with E-state index < -0.39 is 126 Å². The molecule has 0 saturated carbocycles. The third kappa shape index (κ3) is 42.4. The molecule has 0 aliphatic carbocycles. The van der Waals surface area contributed by atoms with E-state index in [0.29, 0.717) is 30.7 Å². The number of benzene rings is 8. The zero-order valence-electron chi connectivity index (χ0n) is 86.5. The first-order chi connectivity index (χ1) is 70.9. The number of rotatable bonds is 41. The summed E-state index contributed by atoms with van der Waals surface area (Å²) in [4.78, 5) is 155. The number of nitrogens with zero attached hydrogens (tertiary/aromatic N) is 7. The van der Waals surface area contributed by atoms with E-state index in [4.69, 9.17) is 23.5 Å². The lowest BCUT2D eigenvalue weighted by atomic mass is 10.0. The summed E-state index contributed by atoms with van der Waals surface area (Å²) in [6, 6.07) is 57.1. The molecule has 8 amide bonds. The van der Waals surface area contributed by atoms with Crippen LogP contribution in [-0.4, -0.2) is 142 Å². The smallest absolute Gasteiger partial charge is 0.408 e. The molecular formula is C108H130N16O21S5. The van der Waals surface area contributed by atoms with E-state index in [1.807, 2.05) is 175 Å². The van der Waals surface area contributed by atoms with Crippen molar-refractivity contribution in [2.45, 2.75) is 259 Å². The molecule has 4 aromatic heterocycles. The molecule has 12 aromatic rings. The van der Waals surface area contributed by atoms with Crippen molar-refractivity contribution in [2.24, 2.45) is 0 Å². The molecule has 150 heavy (non-hydrogen) atoms. The number of aryl methyl sites for hydroxylation is 4. The summed E-state index contributed by atoms with van der Waals surface area (Å²) in [6.45, 7) is 29.1. The number of hydrogen-bond donors (Lipinski definition) is 10. The predicted molar refractivity (Wildman–Crippen MR) is 578 cm³/mol. The van der Waals surface area contributed by atoms with Gasteiger partial charge in [0, 0.05) is 83.6 Å². The van der Waals surface area contributed by atoms with Crippen LogP contribution in [0.3, 0.4) is 0 Å². The number of nitro benzene ring substituents is 3.